The molecule has 1 aromatic carbocycles. The van der Waals surface area contributed by atoms with E-state index in [2.05, 4.69) is 5.32 Å². The number of carbonyl (C=O) groups excluding carboxylic acids is 2. The second-order valence-electron chi connectivity index (χ2n) is 6.16. The lowest BCUT2D eigenvalue weighted by atomic mass is 9.91. The van der Waals surface area contributed by atoms with E-state index in [1.54, 1.807) is 14.2 Å². The molecule has 0 aliphatic heterocycles. The van der Waals surface area contributed by atoms with E-state index >= 15 is 0 Å². The molecule has 0 radical (unpaired) electrons. The molecule has 0 spiro atoms. The van der Waals surface area contributed by atoms with Crippen molar-refractivity contribution in [2.75, 3.05) is 14.2 Å². The van der Waals surface area contributed by atoms with Crippen LogP contribution < -0.4 is 14.8 Å². The normalized spacial score (nSPS) is 13.1. The number of methoxy groups -OCH3 is 2. The van der Waals surface area contributed by atoms with Gasteiger partial charge >= 0.3 is 0 Å². The molecule has 1 N–H and O–H groups in total. The summed E-state index contributed by atoms with van der Waals surface area (Å²) in [6.07, 6.45) is 1.77. The highest BCUT2D eigenvalue weighted by Gasteiger charge is 2.25. The summed E-state index contributed by atoms with van der Waals surface area (Å²) in [6, 6.07) is 3.33. The summed E-state index contributed by atoms with van der Waals surface area (Å²) in [5.41, 5.74) is 2.02. The largest absolute Gasteiger partial charge is 0.497 e. The highest BCUT2D eigenvalue weighted by molar-refractivity contribution is 5.88. The van der Waals surface area contributed by atoms with Crippen LogP contribution >= 0.6 is 0 Å². The number of nitrogens with one attached hydrogen (secondary N) is 1. The smallest absolute Gasteiger partial charge is 0.217 e. The van der Waals surface area contributed by atoms with Crippen LogP contribution in [-0.4, -0.2) is 32.0 Å². The van der Waals surface area contributed by atoms with Gasteiger partial charge < -0.3 is 14.8 Å². The zero-order valence-corrected chi connectivity index (χ0v) is 15.6. The lowest BCUT2D eigenvalue weighted by molar-refractivity contribution is -0.128. The number of carbonyl (C=O) groups is 2. The second-order valence-corrected chi connectivity index (χ2v) is 6.16. The quantitative estimate of drug-likeness (QED) is 0.753. The molecule has 0 fully saturated rings. The number of hydrogen-bond donors (Lipinski definition) is 1. The van der Waals surface area contributed by atoms with Crippen LogP contribution in [0.25, 0.3) is 0 Å². The van der Waals surface area contributed by atoms with Gasteiger partial charge in [0, 0.05) is 19.4 Å². The maximum absolute atomic E-state index is 12.6. The van der Waals surface area contributed by atoms with Crippen LogP contribution in [0.5, 0.6) is 11.5 Å². The van der Waals surface area contributed by atoms with Crippen LogP contribution in [0.1, 0.15) is 44.7 Å². The standard InChI is InChI=1S/C19H29NO4/c1-7-12(2)19(20-14(4)21)17(22)9-8-16-13(3)10-15(23-5)11-18(16)24-6/h10-12,19H,7-9H2,1-6H3,(H,20,21)/t12-,19+/m1/s1. The Labute approximate surface area is 144 Å². The predicted octanol–water partition coefficient (Wildman–Crippen LogP) is 3.06. The minimum atomic E-state index is -0.433. The molecule has 1 aromatic rings. The number of ketones is 1. The summed E-state index contributed by atoms with van der Waals surface area (Å²) in [5, 5.41) is 2.79. The molecule has 0 saturated carbocycles. The molecule has 0 bridgehead atoms. The summed E-state index contributed by atoms with van der Waals surface area (Å²) in [7, 11) is 3.22. The van der Waals surface area contributed by atoms with Crippen molar-refractivity contribution in [3.63, 3.8) is 0 Å². The summed E-state index contributed by atoms with van der Waals surface area (Å²) in [5.74, 6) is 1.44. The van der Waals surface area contributed by atoms with Crippen LogP contribution in [0.4, 0.5) is 0 Å². The molecule has 0 aliphatic carbocycles. The van der Waals surface area contributed by atoms with Crippen molar-refractivity contribution in [3.8, 4) is 11.5 Å². The Morgan fingerprint density at radius 3 is 2.38 bits per heavy atom. The third-order valence-electron chi connectivity index (χ3n) is 4.40. The zero-order valence-electron chi connectivity index (χ0n) is 15.6. The van der Waals surface area contributed by atoms with Crippen LogP contribution in [-0.2, 0) is 16.0 Å². The third-order valence-corrected chi connectivity index (χ3v) is 4.40. The Kier molecular flexibility index (Phi) is 7.75. The van der Waals surface area contributed by atoms with Crippen LogP contribution in [0.2, 0.25) is 0 Å². The molecule has 1 amide bonds. The Morgan fingerprint density at radius 2 is 1.88 bits per heavy atom. The van der Waals surface area contributed by atoms with Gasteiger partial charge in [0.25, 0.3) is 0 Å². The number of aryl methyl sites for hydroxylation is 1. The van der Waals surface area contributed by atoms with Gasteiger partial charge in [0.1, 0.15) is 11.5 Å². The predicted molar refractivity (Wildman–Crippen MR) is 94.7 cm³/mol. The molecule has 5 heteroatoms. The van der Waals surface area contributed by atoms with Gasteiger partial charge in [-0.25, -0.2) is 0 Å². The van der Waals surface area contributed by atoms with Gasteiger partial charge in [-0.3, -0.25) is 9.59 Å². The summed E-state index contributed by atoms with van der Waals surface area (Å²) in [4.78, 5) is 24.0. The van der Waals surface area contributed by atoms with Gasteiger partial charge in [-0.05, 0) is 36.5 Å². The first-order chi connectivity index (χ1) is 11.3. The lowest BCUT2D eigenvalue weighted by Gasteiger charge is -2.23. The second kappa shape index (κ2) is 9.30. The average molecular weight is 335 g/mol. The van der Waals surface area contributed by atoms with Gasteiger partial charge in [0.15, 0.2) is 5.78 Å². The molecule has 0 unspecified atom stereocenters. The zero-order chi connectivity index (χ0) is 18.3. The van der Waals surface area contributed by atoms with Crippen LogP contribution in [0.3, 0.4) is 0 Å². The molecule has 5 nitrogen and oxygen atoms in total. The van der Waals surface area contributed by atoms with Gasteiger partial charge in [-0.2, -0.15) is 0 Å². The van der Waals surface area contributed by atoms with E-state index in [-0.39, 0.29) is 17.6 Å². The third kappa shape index (κ3) is 5.25. The van der Waals surface area contributed by atoms with E-state index in [4.69, 9.17) is 9.47 Å². The SMILES string of the molecule is CC[C@@H](C)[C@H](NC(C)=O)C(=O)CCc1c(C)cc(OC)cc1OC. The number of rotatable bonds is 9. The fourth-order valence-electron chi connectivity index (χ4n) is 2.77. The fourth-order valence-corrected chi connectivity index (χ4v) is 2.77. The van der Waals surface area contributed by atoms with Gasteiger partial charge in [0.2, 0.25) is 5.91 Å². The number of benzene rings is 1. The van der Waals surface area contributed by atoms with Crippen molar-refractivity contribution in [1.82, 2.24) is 5.32 Å². The maximum Gasteiger partial charge on any atom is 0.217 e. The summed E-state index contributed by atoms with van der Waals surface area (Å²) >= 11 is 0. The van der Waals surface area contributed by atoms with E-state index in [0.717, 1.165) is 29.0 Å². The van der Waals surface area contributed by atoms with E-state index in [1.807, 2.05) is 32.9 Å². The molecule has 0 aromatic heterocycles. The molecule has 24 heavy (non-hydrogen) atoms. The topological polar surface area (TPSA) is 64.6 Å². The molecular formula is C19H29NO4. The molecule has 1 rings (SSSR count). The Hall–Kier alpha value is -2.04. The molecule has 0 heterocycles. The molecule has 0 aliphatic rings. The first kappa shape index (κ1) is 20.0. The van der Waals surface area contributed by atoms with Crippen molar-refractivity contribution >= 4 is 11.7 Å². The average Bonchev–Trinajstić information content (AvgIpc) is 2.56. The lowest BCUT2D eigenvalue weighted by Crippen LogP contribution is -2.44. The van der Waals surface area contributed by atoms with Crippen molar-refractivity contribution in [2.45, 2.75) is 53.0 Å². The first-order valence-corrected chi connectivity index (χ1v) is 8.35. The fraction of sp³-hybridized carbons (Fsp3) is 0.579. The highest BCUT2D eigenvalue weighted by atomic mass is 16.5. The first-order valence-electron chi connectivity index (χ1n) is 8.35. The van der Waals surface area contributed by atoms with Gasteiger partial charge in [-0.15, -0.1) is 0 Å². The van der Waals surface area contributed by atoms with E-state index in [9.17, 15) is 9.59 Å². The van der Waals surface area contributed by atoms with E-state index in [0.29, 0.717) is 12.8 Å². The molecule has 2 atom stereocenters. The van der Waals surface area contributed by atoms with Crippen molar-refractivity contribution in [2.24, 2.45) is 5.92 Å². The minimum Gasteiger partial charge on any atom is -0.497 e. The molecule has 134 valence electrons. The monoisotopic (exact) mass is 335 g/mol. The maximum atomic E-state index is 12.6. The van der Waals surface area contributed by atoms with Crippen LogP contribution in [0.15, 0.2) is 12.1 Å². The van der Waals surface area contributed by atoms with Crippen molar-refractivity contribution < 1.29 is 19.1 Å². The minimum absolute atomic E-state index is 0.0526. The highest BCUT2D eigenvalue weighted by Crippen LogP contribution is 2.29. The van der Waals surface area contributed by atoms with Crippen molar-refractivity contribution in [3.05, 3.63) is 23.3 Å². The number of Topliss-reactive ketones (excluding diaryl/α,β-unsaturated/α-hetero) is 1. The Morgan fingerprint density at radius 1 is 1.21 bits per heavy atom. The van der Waals surface area contributed by atoms with Crippen LogP contribution in [0, 0.1) is 12.8 Å². The van der Waals surface area contributed by atoms with Crippen molar-refractivity contribution in [1.29, 1.82) is 0 Å². The Bertz CT molecular complexity index is 583. The van der Waals surface area contributed by atoms with E-state index in [1.165, 1.54) is 6.92 Å². The number of amides is 1. The number of ether oxygens (including phenoxy) is 2. The molecule has 0 saturated heterocycles. The number of hydrogen-bond acceptors (Lipinski definition) is 4. The van der Waals surface area contributed by atoms with Gasteiger partial charge in [0.05, 0.1) is 20.3 Å². The summed E-state index contributed by atoms with van der Waals surface area (Å²) < 4.78 is 10.7. The Balaban J connectivity index is 2.90. The van der Waals surface area contributed by atoms with E-state index < -0.39 is 6.04 Å². The molecular weight excluding hydrogens is 306 g/mol. The van der Waals surface area contributed by atoms with Gasteiger partial charge in [-0.1, -0.05) is 20.3 Å². The summed E-state index contributed by atoms with van der Waals surface area (Å²) in [6.45, 7) is 7.42.